The lowest BCUT2D eigenvalue weighted by atomic mass is 10.2. The Hall–Kier alpha value is -2.44. The van der Waals surface area contributed by atoms with Gasteiger partial charge in [-0.15, -0.1) is 0 Å². The van der Waals surface area contributed by atoms with E-state index in [1.54, 1.807) is 13.0 Å². The molecule has 20 heavy (non-hydrogen) atoms. The van der Waals surface area contributed by atoms with E-state index in [1.807, 2.05) is 0 Å². The summed E-state index contributed by atoms with van der Waals surface area (Å²) in [5.74, 6) is -1.79. The number of pyridine rings is 1. The first-order valence-electron chi connectivity index (χ1n) is 6.13. The van der Waals surface area contributed by atoms with Crippen LogP contribution in [-0.2, 0) is 20.9 Å². The minimum atomic E-state index is -1.10. The van der Waals surface area contributed by atoms with Gasteiger partial charge in [0.15, 0.2) is 0 Å². The fraction of sp³-hybridized carbons (Fsp3) is 0.385. The van der Waals surface area contributed by atoms with E-state index < -0.39 is 11.9 Å². The summed E-state index contributed by atoms with van der Waals surface area (Å²) in [6.07, 6.45) is 1.48. The van der Waals surface area contributed by atoms with Gasteiger partial charge in [-0.05, 0) is 18.6 Å². The molecule has 0 saturated heterocycles. The van der Waals surface area contributed by atoms with Gasteiger partial charge in [0, 0.05) is 19.2 Å². The number of aromatic carboxylic acids is 1. The molecule has 0 aliphatic heterocycles. The molecule has 0 atom stereocenters. The quantitative estimate of drug-likeness (QED) is 0.713. The molecule has 0 unspecified atom stereocenters. The van der Waals surface area contributed by atoms with Crippen LogP contribution in [0.4, 0.5) is 0 Å². The third kappa shape index (κ3) is 5.47. The molecule has 7 heteroatoms. The van der Waals surface area contributed by atoms with Crippen LogP contribution < -0.4 is 5.32 Å². The smallest absolute Gasteiger partial charge is 0.354 e. The van der Waals surface area contributed by atoms with E-state index in [2.05, 4.69) is 10.3 Å². The van der Waals surface area contributed by atoms with Crippen LogP contribution in [0, 0.1) is 0 Å². The molecule has 0 aliphatic rings. The molecule has 1 aromatic rings. The van der Waals surface area contributed by atoms with Crippen molar-refractivity contribution in [2.45, 2.75) is 26.3 Å². The van der Waals surface area contributed by atoms with Gasteiger partial charge in [0.1, 0.15) is 5.69 Å². The van der Waals surface area contributed by atoms with Crippen molar-refractivity contribution >= 4 is 17.8 Å². The van der Waals surface area contributed by atoms with Crippen molar-refractivity contribution in [2.75, 3.05) is 6.61 Å². The van der Waals surface area contributed by atoms with Gasteiger partial charge in [0.2, 0.25) is 5.91 Å². The lowest BCUT2D eigenvalue weighted by Gasteiger charge is -2.05. The predicted octanol–water partition coefficient (Wildman–Crippen LogP) is 0.739. The van der Waals surface area contributed by atoms with Crippen molar-refractivity contribution in [1.82, 2.24) is 10.3 Å². The zero-order valence-electron chi connectivity index (χ0n) is 11.1. The van der Waals surface area contributed by atoms with Crippen molar-refractivity contribution in [1.29, 1.82) is 0 Å². The number of ether oxygens (including phenoxy) is 1. The standard InChI is InChI=1S/C13H16N2O5/c1-2-20-12(17)6-5-11(16)15-8-9-3-4-10(13(18)19)14-7-9/h3-4,7H,2,5-6,8H2,1H3,(H,15,16)(H,18,19). The number of esters is 1. The molecule has 0 aromatic carbocycles. The zero-order valence-corrected chi connectivity index (χ0v) is 11.1. The summed E-state index contributed by atoms with van der Waals surface area (Å²) < 4.78 is 4.71. The number of carbonyl (C=O) groups excluding carboxylic acids is 2. The zero-order chi connectivity index (χ0) is 15.0. The largest absolute Gasteiger partial charge is 0.477 e. The van der Waals surface area contributed by atoms with Gasteiger partial charge in [-0.3, -0.25) is 9.59 Å². The molecule has 0 radical (unpaired) electrons. The number of amides is 1. The highest BCUT2D eigenvalue weighted by Gasteiger charge is 2.08. The van der Waals surface area contributed by atoms with Gasteiger partial charge in [0.25, 0.3) is 0 Å². The Balaban J connectivity index is 2.33. The molecule has 1 amide bonds. The minimum Gasteiger partial charge on any atom is -0.477 e. The lowest BCUT2D eigenvalue weighted by molar-refractivity contribution is -0.144. The van der Waals surface area contributed by atoms with E-state index in [0.29, 0.717) is 12.2 Å². The van der Waals surface area contributed by atoms with Gasteiger partial charge in [-0.25, -0.2) is 9.78 Å². The van der Waals surface area contributed by atoms with E-state index in [1.165, 1.54) is 12.3 Å². The SMILES string of the molecule is CCOC(=O)CCC(=O)NCc1ccc(C(=O)O)nc1. The summed E-state index contributed by atoms with van der Waals surface area (Å²) in [6.45, 7) is 2.22. The Labute approximate surface area is 116 Å². The summed E-state index contributed by atoms with van der Waals surface area (Å²) in [7, 11) is 0. The van der Waals surface area contributed by atoms with Crippen LogP contribution in [0.25, 0.3) is 0 Å². The first-order valence-corrected chi connectivity index (χ1v) is 6.13. The molecule has 1 rings (SSSR count). The van der Waals surface area contributed by atoms with Gasteiger partial charge in [-0.1, -0.05) is 6.07 Å². The third-order valence-electron chi connectivity index (χ3n) is 2.40. The number of hydrogen-bond donors (Lipinski definition) is 2. The summed E-state index contributed by atoms with van der Waals surface area (Å²) in [5.41, 5.74) is 0.627. The third-order valence-corrected chi connectivity index (χ3v) is 2.40. The normalized spacial score (nSPS) is 9.85. The average Bonchev–Trinajstić information content (AvgIpc) is 2.43. The van der Waals surface area contributed by atoms with Crippen molar-refractivity contribution in [3.8, 4) is 0 Å². The number of carboxylic acid groups (broad SMARTS) is 1. The minimum absolute atomic E-state index is 0.0376. The molecule has 0 bridgehead atoms. The van der Waals surface area contributed by atoms with Crippen molar-refractivity contribution < 1.29 is 24.2 Å². The van der Waals surface area contributed by atoms with E-state index in [0.717, 1.165) is 0 Å². The maximum absolute atomic E-state index is 11.5. The van der Waals surface area contributed by atoms with Crippen LogP contribution in [0.2, 0.25) is 0 Å². The lowest BCUT2D eigenvalue weighted by Crippen LogP contribution is -2.23. The van der Waals surface area contributed by atoms with Crippen LogP contribution in [0.15, 0.2) is 18.3 Å². The van der Waals surface area contributed by atoms with E-state index in [-0.39, 0.29) is 31.0 Å². The van der Waals surface area contributed by atoms with Gasteiger partial charge < -0.3 is 15.2 Å². The van der Waals surface area contributed by atoms with Crippen molar-refractivity contribution in [3.63, 3.8) is 0 Å². The Bertz CT molecular complexity index is 484. The summed E-state index contributed by atoms with van der Waals surface area (Å²) in [6, 6.07) is 2.94. The number of aromatic nitrogens is 1. The maximum Gasteiger partial charge on any atom is 0.354 e. The first kappa shape index (κ1) is 15.6. The van der Waals surface area contributed by atoms with Crippen molar-refractivity contribution in [2.24, 2.45) is 0 Å². The summed E-state index contributed by atoms with van der Waals surface area (Å²) in [5, 5.41) is 11.3. The molecule has 2 N–H and O–H groups in total. The van der Waals surface area contributed by atoms with E-state index in [4.69, 9.17) is 9.84 Å². The van der Waals surface area contributed by atoms with Gasteiger partial charge in [0.05, 0.1) is 13.0 Å². The fourth-order valence-electron chi connectivity index (χ4n) is 1.39. The average molecular weight is 280 g/mol. The fourth-order valence-corrected chi connectivity index (χ4v) is 1.39. The van der Waals surface area contributed by atoms with Crippen LogP contribution >= 0.6 is 0 Å². The molecule has 0 aliphatic carbocycles. The van der Waals surface area contributed by atoms with Crippen LogP contribution in [-0.4, -0.2) is 34.5 Å². The van der Waals surface area contributed by atoms with Crippen LogP contribution in [0.5, 0.6) is 0 Å². The highest BCUT2D eigenvalue weighted by molar-refractivity contribution is 5.85. The molecular formula is C13H16N2O5. The maximum atomic E-state index is 11.5. The Morgan fingerprint density at radius 2 is 2.05 bits per heavy atom. The molecule has 108 valence electrons. The number of carbonyl (C=O) groups is 3. The number of nitrogens with one attached hydrogen (secondary N) is 1. The van der Waals surface area contributed by atoms with Gasteiger partial charge >= 0.3 is 11.9 Å². The van der Waals surface area contributed by atoms with E-state index >= 15 is 0 Å². The number of carboxylic acids is 1. The molecule has 0 saturated carbocycles. The number of nitrogens with zero attached hydrogens (tertiary/aromatic N) is 1. The Morgan fingerprint density at radius 3 is 2.60 bits per heavy atom. The summed E-state index contributed by atoms with van der Waals surface area (Å²) in [4.78, 5) is 36.9. The molecule has 0 spiro atoms. The van der Waals surface area contributed by atoms with Crippen LogP contribution in [0.1, 0.15) is 35.8 Å². The van der Waals surface area contributed by atoms with E-state index in [9.17, 15) is 14.4 Å². The molecule has 7 nitrogen and oxygen atoms in total. The predicted molar refractivity (Wildman–Crippen MR) is 68.9 cm³/mol. The molecule has 0 fully saturated rings. The number of hydrogen-bond acceptors (Lipinski definition) is 5. The van der Waals surface area contributed by atoms with Gasteiger partial charge in [-0.2, -0.15) is 0 Å². The second kappa shape index (κ2) is 7.88. The second-order valence-electron chi connectivity index (χ2n) is 3.94. The highest BCUT2D eigenvalue weighted by atomic mass is 16.5. The topological polar surface area (TPSA) is 106 Å². The first-order chi connectivity index (χ1) is 9.52. The molecular weight excluding hydrogens is 264 g/mol. The molecule has 1 heterocycles. The second-order valence-corrected chi connectivity index (χ2v) is 3.94. The Kier molecular flexibility index (Phi) is 6.15. The summed E-state index contributed by atoms with van der Waals surface area (Å²) >= 11 is 0. The Morgan fingerprint density at radius 1 is 1.30 bits per heavy atom. The number of rotatable bonds is 7. The highest BCUT2D eigenvalue weighted by Crippen LogP contribution is 2.01. The molecule has 1 aromatic heterocycles. The van der Waals surface area contributed by atoms with Crippen LogP contribution in [0.3, 0.4) is 0 Å². The van der Waals surface area contributed by atoms with Crippen molar-refractivity contribution in [3.05, 3.63) is 29.6 Å². The monoisotopic (exact) mass is 280 g/mol.